The molecule has 0 atom stereocenters. The quantitative estimate of drug-likeness (QED) is 0.139. The zero-order valence-corrected chi connectivity index (χ0v) is 22.9. The van der Waals surface area contributed by atoms with Gasteiger partial charge in [0.15, 0.2) is 5.82 Å². The van der Waals surface area contributed by atoms with Crippen molar-refractivity contribution in [2.45, 2.75) is 37.3 Å². The summed E-state index contributed by atoms with van der Waals surface area (Å²) in [6.07, 6.45) is 3.59. The van der Waals surface area contributed by atoms with Crippen molar-refractivity contribution < 1.29 is 4.74 Å². The number of aromatic nitrogens is 3. The topological polar surface area (TPSA) is 52.3 Å². The molecule has 9 heteroatoms. The van der Waals surface area contributed by atoms with Crippen molar-refractivity contribution in [3.05, 3.63) is 104 Å². The lowest BCUT2D eigenvalue weighted by atomic mass is 10.2. The Hall–Kier alpha value is -2.32. The number of halogens is 3. The molecule has 5 nitrogen and oxygen atoms in total. The zero-order chi connectivity index (χ0) is 24.6. The van der Waals surface area contributed by atoms with Crippen LogP contribution in [0.3, 0.4) is 0 Å². The highest BCUT2D eigenvalue weighted by Gasteiger charge is 2.12. The second-order valence-electron chi connectivity index (χ2n) is 7.71. The molecule has 3 aromatic carbocycles. The van der Waals surface area contributed by atoms with Crippen LogP contribution in [0.25, 0.3) is 0 Å². The first-order valence-corrected chi connectivity index (χ1v) is 13.6. The number of benzene rings is 3. The average molecular weight is 590 g/mol. The summed E-state index contributed by atoms with van der Waals surface area (Å²) in [6, 6.07) is 21.4. The van der Waals surface area contributed by atoms with Crippen molar-refractivity contribution in [2.75, 3.05) is 0 Å². The van der Waals surface area contributed by atoms with Gasteiger partial charge in [-0.2, -0.15) is 9.78 Å². The number of nitrogens with zero attached hydrogens (tertiary/aromatic N) is 4. The molecule has 0 radical (unpaired) electrons. The van der Waals surface area contributed by atoms with Gasteiger partial charge in [-0.15, -0.1) is 10.2 Å². The Morgan fingerprint density at radius 1 is 1.03 bits per heavy atom. The number of hydrogen-bond donors (Lipinski definition) is 0. The largest absolute Gasteiger partial charge is 0.489 e. The SMILES string of the molecule is CCCc1nnc(SCc2ccc(Br)cc2)n1/N=C/c1ccc(OCc2ccc(Cl)cc2Cl)cc1. The van der Waals surface area contributed by atoms with Crippen LogP contribution in [0.1, 0.15) is 35.9 Å². The van der Waals surface area contributed by atoms with Gasteiger partial charge in [-0.05, 0) is 66.1 Å². The van der Waals surface area contributed by atoms with E-state index in [1.807, 2.05) is 53.4 Å². The third kappa shape index (κ3) is 7.34. The lowest BCUT2D eigenvalue weighted by Gasteiger charge is -2.08. The van der Waals surface area contributed by atoms with Gasteiger partial charge in [0.25, 0.3) is 0 Å². The molecule has 0 saturated heterocycles. The van der Waals surface area contributed by atoms with Crippen LogP contribution >= 0.6 is 50.9 Å². The molecule has 0 unspecified atom stereocenters. The van der Waals surface area contributed by atoms with E-state index in [1.54, 1.807) is 23.9 Å². The van der Waals surface area contributed by atoms with E-state index < -0.39 is 0 Å². The Morgan fingerprint density at radius 3 is 2.51 bits per heavy atom. The summed E-state index contributed by atoms with van der Waals surface area (Å²) < 4.78 is 8.76. The molecule has 4 aromatic rings. The molecular formula is C26H23BrCl2N4OS. The normalized spacial score (nSPS) is 11.3. The molecule has 4 rings (SSSR count). The van der Waals surface area contributed by atoms with E-state index in [-0.39, 0.29) is 0 Å². The van der Waals surface area contributed by atoms with Gasteiger partial charge in [0, 0.05) is 32.3 Å². The van der Waals surface area contributed by atoms with Crippen LogP contribution in [-0.2, 0) is 18.8 Å². The van der Waals surface area contributed by atoms with Crippen molar-refractivity contribution in [1.82, 2.24) is 14.9 Å². The fraction of sp³-hybridized carbons (Fsp3) is 0.192. The molecule has 35 heavy (non-hydrogen) atoms. The molecule has 0 aliphatic heterocycles. The fourth-order valence-corrected chi connectivity index (χ4v) is 4.77. The highest BCUT2D eigenvalue weighted by atomic mass is 79.9. The molecule has 0 bridgehead atoms. The molecular weight excluding hydrogens is 567 g/mol. The Balaban J connectivity index is 1.42. The van der Waals surface area contributed by atoms with Crippen LogP contribution < -0.4 is 4.74 Å². The predicted octanol–water partition coefficient (Wildman–Crippen LogP) is 8.05. The van der Waals surface area contributed by atoms with E-state index in [9.17, 15) is 0 Å². The summed E-state index contributed by atoms with van der Waals surface area (Å²) in [5.74, 6) is 2.38. The highest BCUT2D eigenvalue weighted by Crippen LogP contribution is 2.24. The minimum Gasteiger partial charge on any atom is -0.489 e. The predicted molar refractivity (Wildman–Crippen MR) is 148 cm³/mol. The molecule has 1 heterocycles. The second-order valence-corrected chi connectivity index (χ2v) is 10.4. The molecule has 0 aliphatic rings. The van der Waals surface area contributed by atoms with E-state index in [2.05, 4.69) is 45.2 Å². The number of hydrogen-bond acceptors (Lipinski definition) is 5. The summed E-state index contributed by atoms with van der Waals surface area (Å²) in [7, 11) is 0. The monoisotopic (exact) mass is 588 g/mol. The molecule has 0 amide bonds. The lowest BCUT2D eigenvalue weighted by Crippen LogP contribution is -2.00. The van der Waals surface area contributed by atoms with Crippen molar-refractivity contribution in [1.29, 1.82) is 0 Å². The van der Waals surface area contributed by atoms with Gasteiger partial charge in [-0.25, -0.2) is 0 Å². The van der Waals surface area contributed by atoms with Crippen molar-refractivity contribution >= 4 is 57.1 Å². The molecule has 0 N–H and O–H groups in total. The first-order chi connectivity index (χ1) is 17.0. The smallest absolute Gasteiger partial charge is 0.212 e. The van der Waals surface area contributed by atoms with Crippen molar-refractivity contribution in [3.63, 3.8) is 0 Å². The van der Waals surface area contributed by atoms with Crippen molar-refractivity contribution in [3.8, 4) is 5.75 Å². The first-order valence-electron chi connectivity index (χ1n) is 11.0. The van der Waals surface area contributed by atoms with Crippen LogP contribution in [0, 0.1) is 0 Å². The van der Waals surface area contributed by atoms with Gasteiger partial charge in [-0.1, -0.05) is 76.0 Å². The summed E-state index contributed by atoms with van der Waals surface area (Å²) in [5, 5.41) is 15.4. The van der Waals surface area contributed by atoms with Crippen LogP contribution in [0.2, 0.25) is 10.0 Å². The number of aryl methyl sites for hydroxylation is 1. The van der Waals surface area contributed by atoms with Crippen LogP contribution in [-0.4, -0.2) is 21.1 Å². The van der Waals surface area contributed by atoms with Crippen molar-refractivity contribution in [2.24, 2.45) is 5.10 Å². The number of thioether (sulfide) groups is 1. The summed E-state index contributed by atoms with van der Waals surface area (Å²) in [4.78, 5) is 0. The van der Waals surface area contributed by atoms with Crippen LogP contribution in [0.5, 0.6) is 5.75 Å². The molecule has 0 saturated carbocycles. The maximum absolute atomic E-state index is 6.22. The lowest BCUT2D eigenvalue weighted by molar-refractivity contribution is 0.306. The Labute approximate surface area is 227 Å². The molecule has 1 aromatic heterocycles. The first kappa shape index (κ1) is 25.8. The highest BCUT2D eigenvalue weighted by molar-refractivity contribution is 9.10. The summed E-state index contributed by atoms with van der Waals surface area (Å²) in [6.45, 7) is 2.48. The van der Waals surface area contributed by atoms with E-state index in [0.717, 1.165) is 50.9 Å². The average Bonchev–Trinajstić information content (AvgIpc) is 3.24. The minimum absolute atomic E-state index is 0.365. The van der Waals surface area contributed by atoms with E-state index >= 15 is 0 Å². The van der Waals surface area contributed by atoms with E-state index in [1.165, 1.54) is 5.56 Å². The Kier molecular flexibility index (Phi) is 9.26. The number of rotatable bonds is 10. The van der Waals surface area contributed by atoms with Gasteiger partial charge in [0.1, 0.15) is 12.4 Å². The van der Waals surface area contributed by atoms with E-state index in [0.29, 0.717) is 16.7 Å². The minimum atomic E-state index is 0.365. The standard InChI is InChI=1S/C26H23BrCl2N4OS/c1-2-3-25-31-32-26(35-17-19-4-9-21(27)10-5-19)33(25)30-15-18-6-12-23(13-7-18)34-16-20-8-11-22(28)14-24(20)29/h4-15H,2-3,16-17H2,1H3/b30-15+. The van der Waals surface area contributed by atoms with Crippen LogP contribution in [0.4, 0.5) is 0 Å². The maximum atomic E-state index is 6.22. The number of ether oxygens (including phenoxy) is 1. The maximum Gasteiger partial charge on any atom is 0.212 e. The molecule has 180 valence electrons. The van der Waals surface area contributed by atoms with Crippen LogP contribution in [0.15, 0.2) is 81.5 Å². The third-order valence-corrected chi connectivity index (χ3v) is 7.15. The molecule has 0 spiro atoms. The van der Waals surface area contributed by atoms with E-state index in [4.69, 9.17) is 33.0 Å². The molecule has 0 fully saturated rings. The zero-order valence-electron chi connectivity index (χ0n) is 19.0. The fourth-order valence-electron chi connectivity index (χ4n) is 3.18. The summed E-state index contributed by atoms with van der Waals surface area (Å²) in [5.41, 5.74) is 3.04. The Morgan fingerprint density at radius 2 is 1.80 bits per heavy atom. The van der Waals surface area contributed by atoms with Gasteiger partial charge in [0.2, 0.25) is 5.16 Å². The van der Waals surface area contributed by atoms with Gasteiger partial charge in [0.05, 0.1) is 6.21 Å². The second kappa shape index (κ2) is 12.6. The van der Waals surface area contributed by atoms with Gasteiger partial charge >= 0.3 is 0 Å². The molecule has 0 aliphatic carbocycles. The summed E-state index contributed by atoms with van der Waals surface area (Å²) >= 11 is 17.3. The van der Waals surface area contributed by atoms with Gasteiger partial charge < -0.3 is 4.74 Å². The van der Waals surface area contributed by atoms with Gasteiger partial charge in [-0.3, -0.25) is 0 Å². The third-order valence-electron chi connectivity index (χ3n) is 5.04. The Bertz CT molecular complexity index is 1290.